The Morgan fingerprint density at radius 3 is 2.73 bits per heavy atom. The van der Waals surface area contributed by atoms with Gasteiger partial charge in [-0.25, -0.2) is 9.78 Å². The van der Waals surface area contributed by atoms with Gasteiger partial charge in [-0.2, -0.15) is 0 Å². The molecule has 3 aromatic rings. The highest BCUT2D eigenvalue weighted by atomic mass is 16.6. The number of rotatable bonds is 6. The molecule has 0 bridgehead atoms. The predicted molar refractivity (Wildman–Crippen MR) is 145 cm³/mol. The van der Waals surface area contributed by atoms with E-state index in [1.807, 2.05) is 18.2 Å². The molecule has 0 saturated heterocycles. The molecule has 1 atom stereocenters. The van der Waals surface area contributed by atoms with Gasteiger partial charge in [-0.15, -0.1) is 0 Å². The number of hydrogen-bond acceptors (Lipinski definition) is 6. The maximum atomic E-state index is 13.4. The number of nitrogens with zero attached hydrogens (tertiary/aromatic N) is 2. The standard InChI is InChI=1S/C30H33N3O4/c1-5-30(36)23-14-25-27-20(15-33(25)28(34)22(23)16-37-29(30)35)13-21-24(32-27)12-11-19(26(21)31)10-9-18(4)8-6-7-17(2)3/h7,9,11-14,36H,5-6,8,10,15-16,31H2,1-4H3/b18-9+/t30-/m0/s1. The topological polar surface area (TPSA) is 107 Å². The van der Waals surface area contributed by atoms with E-state index in [1.165, 1.54) is 11.1 Å². The van der Waals surface area contributed by atoms with Gasteiger partial charge < -0.3 is 20.1 Å². The van der Waals surface area contributed by atoms with Crippen LogP contribution in [0.15, 0.2) is 52.4 Å². The van der Waals surface area contributed by atoms with Crippen LogP contribution >= 0.6 is 0 Å². The maximum absolute atomic E-state index is 13.4. The minimum absolute atomic E-state index is 0.113. The SMILES string of the molecule is CC[C@@]1(O)C(=O)OCc2c1cc1n(c2=O)Cc2cc3c(N)c(C/C=C(\C)CCC=C(C)C)ccc3nc2-1. The van der Waals surface area contributed by atoms with Gasteiger partial charge in [-0.3, -0.25) is 4.79 Å². The summed E-state index contributed by atoms with van der Waals surface area (Å²) in [5.74, 6) is -0.724. The molecule has 2 aliphatic rings. The number of pyridine rings is 2. The zero-order valence-corrected chi connectivity index (χ0v) is 21.9. The first kappa shape index (κ1) is 25.0. The van der Waals surface area contributed by atoms with Crippen LogP contribution in [-0.4, -0.2) is 20.6 Å². The van der Waals surface area contributed by atoms with Gasteiger partial charge in [0.1, 0.15) is 6.61 Å². The van der Waals surface area contributed by atoms with Crippen LogP contribution in [-0.2, 0) is 34.7 Å². The Labute approximate surface area is 216 Å². The van der Waals surface area contributed by atoms with E-state index in [0.717, 1.165) is 41.3 Å². The summed E-state index contributed by atoms with van der Waals surface area (Å²) in [7, 11) is 0. The fourth-order valence-corrected chi connectivity index (χ4v) is 5.27. The molecule has 0 radical (unpaired) electrons. The number of fused-ring (bicyclic) bond motifs is 5. The van der Waals surface area contributed by atoms with Gasteiger partial charge >= 0.3 is 5.97 Å². The number of hydrogen-bond donors (Lipinski definition) is 2. The van der Waals surface area contributed by atoms with E-state index < -0.39 is 11.6 Å². The molecule has 5 rings (SSSR count). The lowest BCUT2D eigenvalue weighted by atomic mass is 9.86. The van der Waals surface area contributed by atoms with Crippen molar-refractivity contribution in [3.8, 4) is 11.4 Å². The average Bonchev–Trinajstić information content (AvgIpc) is 3.23. The van der Waals surface area contributed by atoms with Crippen molar-refractivity contribution in [2.24, 2.45) is 0 Å². The molecule has 1 aromatic carbocycles. The second-order valence-corrected chi connectivity index (χ2v) is 10.4. The summed E-state index contributed by atoms with van der Waals surface area (Å²) in [6, 6.07) is 7.72. The lowest BCUT2D eigenvalue weighted by molar-refractivity contribution is -0.172. The molecule has 2 aliphatic heterocycles. The number of aromatic nitrogens is 2. The molecule has 3 N–H and O–H groups in total. The molecule has 0 saturated carbocycles. The molecule has 2 aromatic heterocycles. The van der Waals surface area contributed by atoms with Crippen LogP contribution in [0.3, 0.4) is 0 Å². The van der Waals surface area contributed by atoms with Crippen molar-refractivity contribution >= 4 is 22.6 Å². The number of ether oxygens (including phenoxy) is 1. The fourth-order valence-electron chi connectivity index (χ4n) is 5.27. The smallest absolute Gasteiger partial charge is 0.343 e. The summed E-state index contributed by atoms with van der Waals surface area (Å²) < 4.78 is 6.79. The Kier molecular flexibility index (Phi) is 6.28. The number of esters is 1. The molecular weight excluding hydrogens is 466 g/mol. The molecule has 37 heavy (non-hydrogen) atoms. The molecule has 0 aliphatic carbocycles. The highest BCUT2D eigenvalue weighted by Gasteiger charge is 2.45. The molecule has 7 nitrogen and oxygen atoms in total. The summed E-state index contributed by atoms with van der Waals surface area (Å²) in [5.41, 5.74) is 12.4. The Balaban J connectivity index is 1.52. The number of cyclic esters (lactones) is 1. The number of carbonyl (C=O) groups is 1. The Bertz CT molecular complexity index is 1560. The number of anilines is 1. The third-order valence-corrected chi connectivity index (χ3v) is 7.59. The van der Waals surface area contributed by atoms with Crippen LogP contribution in [0.2, 0.25) is 0 Å². The van der Waals surface area contributed by atoms with Crippen molar-refractivity contribution in [3.63, 3.8) is 0 Å². The van der Waals surface area contributed by atoms with E-state index in [-0.39, 0.29) is 18.6 Å². The summed E-state index contributed by atoms with van der Waals surface area (Å²) in [6.07, 6.45) is 7.40. The third kappa shape index (κ3) is 4.17. The average molecular weight is 500 g/mol. The number of allylic oxidation sites excluding steroid dienone is 4. The zero-order chi connectivity index (χ0) is 26.5. The molecular formula is C30H33N3O4. The molecule has 0 fully saturated rings. The number of carbonyl (C=O) groups excluding carboxylic acids is 1. The van der Waals surface area contributed by atoms with Crippen molar-refractivity contribution in [1.29, 1.82) is 0 Å². The lowest BCUT2D eigenvalue weighted by Crippen LogP contribution is -2.44. The lowest BCUT2D eigenvalue weighted by Gasteiger charge is -2.31. The van der Waals surface area contributed by atoms with Crippen molar-refractivity contribution < 1.29 is 14.6 Å². The number of nitrogen functional groups attached to an aromatic ring is 1. The van der Waals surface area contributed by atoms with Gasteiger partial charge in [0.25, 0.3) is 5.56 Å². The second kappa shape index (κ2) is 9.30. The minimum atomic E-state index is -1.83. The van der Waals surface area contributed by atoms with Crippen LogP contribution < -0.4 is 11.3 Å². The van der Waals surface area contributed by atoms with Gasteiger partial charge in [0.2, 0.25) is 0 Å². The summed E-state index contributed by atoms with van der Waals surface area (Å²) in [6.45, 7) is 8.29. The first-order valence-electron chi connectivity index (χ1n) is 12.8. The number of aliphatic hydroxyl groups is 1. The highest BCUT2D eigenvalue weighted by molar-refractivity contribution is 5.95. The van der Waals surface area contributed by atoms with Gasteiger partial charge in [0, 0.05) is 22.2 Å². The van der Waals surface area contributed by atoms with E-state index in [9.17, 15) is 14.7 Å². The Hall–Kier alpha value is -3.71. The number of nitrogens with two attached hydrogens (primary N) is 1. The molecule has 192 valence electrons. The van der Waals surface area contributed by atoms with Gasteiger partial charge in [0.15, 0.2) is 5.60 Å². The van der Waals surface area contributed by atoms with Crippen LogP contribution in [0.25, 0.3) is 22.3 Å². The quantitative estimate of drug-likeness (QED) is 0.222. The predicted octanol–water partition coefficient (Wildman–Crippen LogP) is 4.90. The van der Waals surface area contributed by atoms with Crippen molar-refractivity contribution in [2.45, 2.75) is 72.1 Å². The van der Waals surface area contributed by atoms with Crippen molar-refractivity contribution in [1.82, 2.24) is 9.55 Å². The fraction of sp³-hybridized carbons (Fsp3) is 0.367. The van der Waals surface area contributed by atoms with Gasteiger partial charge in [-0.05, 0) is 70.2 Å². The molecule has 0 amide bonds. The van der Waals surface area contributed by atoms with E-state index in [0.29, 0.717) is 34.7 Å². The maximum Gasteiger partial charge on any atom is 0.343 e. The first-order valence-corrected chi connectivity index (χ1v) is 12.8. The molecule has 0 unspecified atom stereocenters. The summed E-state index contributed by atoms with van der Waals surface area (Å²) in [4.78, 5) is 30.6. The van der Waals surface area contributed by atoms with Crippen LogP contribution in [0.4, 0.5) is 5.69 Å². The van der Waals surface area contributed by atoms with Crippen molar-refractivity contribution in [2.75, 3.05) is 5.73 Å². The van der Waals surface area contributed by atoms with Gasteiger partial charge in [-0.1, -0.05) is 36.3 Å². The van der Waals surface area contributed by atoms with Gasteiger partial charge in [0.05, 0.1) is 29.0 Å². The molecule has 4 heterocycles. The Morgan fingerprint density at radius 1 is 1.22 bits per heavy atom. The number of benzene rings is 1. The third-order valence-electron chi connectivity index (χ3n) is 7.59. The zero-order valence-electron chi connectivity index (χ0n) is 21.9. The van der Waals surface area contributed by atoms with Crippen LogP contribution in [0.1, 0.15) is 69.2 Å². The van der Waals surface area contributed by atoms with Crippen molar-refractivity contribution in [3.05, 3.63) is 80.2 Å². The van der Waals surface area contributed by atoms with E-state index in [2.05, 4.69) is 32.9 Å². The highest BCUT2D eigenvalue weighted by Crippen LogP contribution is 2.39. The summed E-state index contributed by atoms with van der Waals surface area (Å²) >= 11 is 0. The Morgan fingerprint density at radius 2 is 2.00 bits per heavy atom. The van der Waals surface area contributed by atoms with Crippen LogP contribution in [0, 0.1) is 0 Å². The second-order valence-electron chi connectivity index (χ2n) is 10.4. The largest absolute Gasteiger partial charge is 0.458 e. The molecule has 0 spiro atoms. The molecule has 7 heteroatoms. The van der Waals surface area contributed by atoms with E-state index in [4.69, 9.17) is 15.5 Å². The van der Waals surface area contributed by atoms with E-state index in [1.54, 1.807) is 17.6 Å². The first-order chi connectivity index (χ1) is 17.6. The normalized spacial score (nSPS) is 18.3. The summed E-state index contributed by atoms with van der Waals surface area (Å²) in [5, 5.41) is 11.9. The monoisotopic (exact) mass is 499 g/mol. The van der Waals surface area contributed by atoms with Crippen LogP contribution in [0.5, 0.6) is 0 Å². The minimum Gasteiger partial charge on any atom is -0.458 e. The van der Waals surface area contributed by atoms with E-state index >= 15 is 0 Å².